The van der Waals surface area contributed by atoms with Crippen LogP contribution in [0.1, 0.15) is 81.1 Å². The first-order valence-corrected chi connectivity index (χ1v) is 20.5. The summed E-state index contributed by atoms with van der Waals surface area (Å²) in [6, 6.07) is 1.15. The SMILES string of the molecule is C/C(=C/C[C@@H](CO[Si](C)(C)C(C)(C)C)OCOCC[Si](C)(C)C)CCC[C@H](C)COC(=O)C(C)(C)C. The Morgan fingerprint density at radius 1 is 0.972 bits per heavy atom. The van der Waals surface area contributed by atoms with Crippen LogP contribution in [0.3, 0.4) is 0 Å². The molecule has 0 unspecified atom stereocenters. The molecule has 0 amide bonds. The lowest BCUT2D eigenvalue weighted by atomic mass is 9.97. The topological polar surface area (TPSA) is 54.0 Å². The zero-order valence-electron chi connectivity index (χ0n) is 26.1. The molecule has 0 aliphatic heterocycles. The van der Waals surface area contributed by atoms with E-state index in [0.717, 1.165) is 38.3 Å². The molecule has 0 bridgehead atoms. The van der Waals surface area contributed by atoms with E-state index in [1.165, 1.54) is 5.57 Å². The highest BCUT2D eigenvalue weighted by Crippen LogP contribution is 2.36. The molecule has 0 spiro atoms. The van der Waals surface area contributed by atoms with Crippen molar-refractivity contribution in [1.29, 1.82) is 0 Å². The fraction of sp³-hybridized carbons (Fsp3) is 0.897. The first-order valence-electron chi connectivity index (χ1n) is 13.9. The van der Waals surface area contributed by atoms with Gasteiger partial charge in [0.1, 0.15) is 6.79 Å². The molecule has 0 N–H and O–H groups in total. The normalized spacial score (nSPS) is 15.6. The maximum atomic E-state index is 12.0. The van der Waals surface area contributed by atoms with Crippen LogP contribution in [0.4, 0.5) is 0 Å². The average Bonchev–Trinajstić information content (AvgIpc) is 2.70. The monoisotopic (exact) mass is 544 g/mol. The Morgan fingerprint density at radius 2 is 1.58 bits per heavy atom. The Labute approximate surface area is 226 Å². The smallest absolute Gasteiger partial charge is 0.311 e. The summed E-state index contributed by atoms with van der Waals surface area (Å²) in [5.41, 5.74) is 0.931. The Balaban J connectivity index is 4.70. The molecule has 0 saturated carbocycles. The molecule has 0 aliphatic rings. The number of carbonyl (C=O) groups is 1. The van der Waals surface area contributed by atoms with Crippen LogP contribution in [0.25, 0.3) is 0 Å². The van der Waals surface area contributed by atoms with Gasteiger partial charge in [0, 0.05) is 14.7 Å². The third-order valence-electron chi connectivity index (χ3n) is 6.93. The molecule has 7 heteroatoms. The van der Waals surface area contributed by atoms with Crippen molar-refractivity contribution >= 4 is 22.4 Å². The lowest BCUT2D eigenvalue weighted by molar-refractivity contribution is -0.154. The molecule has 0 aromatic carbocycles. The number of hydrogen-bond donors (Lipinski definition) is 0. The van der Waals surface area contributed by atoms with Gasteiger partial charge in [0.2, 0.25) is 0 Å². The lowest BCUT2D eigenvalue weighted by Gasteiger charge is -2.37. The summed E-state index contributed by atoms with van der Waals surface area (Å²) in [7, 11) is -2.94. The highest BCUT2D eigenvalue weighted by Gasteiger charge is 2.37. The van der Waals surface area contributed by atoms with Gasteiger partial charge in [-0.2, -0.15) is 0 Å². The van der Waals surface area contributed by atoms with E-state index in [-0.39, 0.29) is 17.1 Å². The quantitative estimate of drug-likeness (QED) is 0.0604. The Kier molecular flexibility index (Phi) is 15.6. The van der Waals surface area contributed by atoms with Crippen molar-refractivity contribution in [3.8, 4) is 0 Å². The Bertz CT molecular complexity index is 654. The number of rotatable bonds is 17. The minimum Gasteiger partial charge on any atom is -0.465 e. The van der Waals surface area contributed by atoms with Crippen LogP contribution in [0.5, 0.6) is 0 Å². The van der Waals surface area contributed by atoms with Crippen molar-refractivity contribution in [2.45, 2.75) is 131 Å². The minimum absolute atomic E-state index is 0.00306. The predicted molar refractivity (Wildman–Crippen MR) is 159 cm³/mol. The van der Waals surface area contributed by atoms with E-state index in [1.807, 2.05) is 20.8 Å². The molecular formula is C29H60O5Si2. The molecule has 2 atom stereocenters. The summed E-state index contributed by atoms with van der Waals surface area (Å²) in [5, 5.41) is 0.176. The second-order valence-electron chi connectivity index (χ2n) is 14.3. The number of esters is 1. The van der Waals surface area contributed by atoms with E-state index in [9.17, 15) is 4.79 Å². The number of carbonyl (C=O) groups excluding carboxylic acids is 1. The molecule has 0 aliphatic carbocycles. The fourth-order valence-electron chi connectivity index (χ4n) is 2.97. The van der Waals surface area contributed by atoms with Gasteiger partial charge in [-0.25, -0.2) is 0 Å². The zero-order chi connectivity index (χ0) is 28.2. The van der Waals surface area contributed by atoms with Gasteiger partial charge < -0.3 is 18.6 Å². The van der Waals surface area contributed by atoms with Gasteiger partial charge in [0.25, 0.3) is 0 Å². The molecule has 214 valence electrons. The molecule has 5 nitrogen and oxygen atoms in total. The van der Waals surface area contributed by atoms with Gasteiger partial charge in [-0.3, -0.25) is 4.79 Å². The molecule has 0 aromatic rings. The van der Waals surface area contributed by atoms with Crippen molar-refractivity contribution in [2.75, 3.05) is 26.6 Å². The fourth-order valence-corrected chi connectivity index (χ4v) is 4.76. The maximum absolute atomic E-state index is 12.0. The molecule has 0 radical (unpaired) electrons. The largest absolute Gasteiger partial charge is 0.465 e. The zero-order valence-corrected chi connectivity index (χ0v) is 28.1. The van der Waals surface area contributed by atoms with Gasteiger partial charge in [-0.15, -0.1) is 0 Å². The maximum Gasteiger partial charge on any atom is 0.311 e. The summed E-state index contributed by atoms with van der Waals surface area (Å²) < 4.78 is 23.9. The summed E-state index contributed by atoms with van der Waals surface area (Å²) in [5.74, 6) is 0.243. The summed E-state index contributed by atoms with van der Waals surface area (Å²) in [6.07, 6.45) is 6.30. The van der Waals surface area contributed by atoms with Crippen LogP contribution >= 0.6 is 0 Å². The molecule has 0 rings (SSSR count). The van der Waals surface area contributed by atoms with Crippen LogP contribution in [0, 0.1) is 11.3 Å². The lowest BCUT2D eigenvalue weighted by Crippen LogP contribution is -2.43. The van der Waals surface area contributed by atoms with E-state index >= 15 is 0 Å². The van der Waals surface area contributed by atoms with E-state index in [4.69, 9.17) is 18.6 Å². The van der Waals surface area contributed by atoms with Crippen molar-refractivity contribution in [1.82, 2.24) is 0 Å². The molecule has 36 heavy (non-hydrogen) atoms. The Hall–Kier alpha value is -0.476. The van der Waals surface area contributed by atoms with Crippen molar-refractivity contribution in [3.63, 3.8) is 0 Å². The van der Waals surface area contributed by atoms with Crippen LogP contribution in [-0.2, 0) is 23.4 Å². The van der Waals surface area contributed by atoms with E-state index in [0.29, 0.717) is 25.9 Å². The molecule has 0 aromatic heterocycles. The second-order valence-corrected chi connectivity index (χ2v) is 24.8. The summed E-state index contributed by atoms with van der Waals surface area (Å²) >= 11 is 0. The number of ether oxygens (including phenoxy) is 3. The number of hydrogen-bond acceptors (Lipinski definition) is 5. The second kappa shape index (κ2) is 15.8. The molecule has 0 saturated heterocycles. The average molecular weight is 545 g/mol. The van der Waals surface area contributed by atoms with E-state index in [1.54, 1.807) is 0 Å². The first kappa shape index (κ1) is 35.5. The third-order valence-corrected chi connectivity index (χ3v) is 13.1. The Morgan fingerprint density at radius 3 is 2.11 bits per heavy atom. The standard InChI is InChI=1S/C29H60O5Si2/c1-24(15-14-16-25(2)21-32-27(30)28(3,4)5)17-18-26(22-34-36(12,13)29(6,7)8)33-23-31-19-20-35(9,10)11/h17,25-26H,14-16,18-23H2,1-13H3/b24-17-/t25-,26-/m0/s1. The highest BCUT2D eigenvalue weighted by molar-refractivity contribution is 6.76. The van der Waals surface area contributed by atoms with Crippen LogP contribution < -0.4 is 0 Å². The van der Waals surface area contributed by atoms with Crippen LogP contribution in [-0.4, -0.2) is 55.1 Å². The van der Waals surface area contributed by atoms with Crippen molar-refractivity contribution in [2.24, 2.45) is 11.3 Å². The van der Waals surface area contributed by atoms with E-state index in [2.05, 4.69) is 73.4 Å². The highest BCUT2D eigenvalue weighted by atomic mass is 28.4. The minimum atomic E-state index is -1.84. The van der Waals surface area contributed by atoms with Gasteiger partial charge in [-0.1, -0.05) is 59.0 Å². The van der Waals surface area contributed by atoms with Gasteiger partial charge in [-0.05, 0) is 83.5 Å². The van der Waals surface area contributed by atoms with Crippen molar-refractivity contribution in [3.05, 3.63) is 11.6 Å². The van der Waals surface area contributed by atoms with Gasteiger partial charge in [0.05, 0.1) is 24.7 Å². The first-order chi connectivity index (χ1) is 16.2. The summed E-state index contributed by atoms with van der Waals surface area (Å²) in [4.78, 5) is 12.0. The van der Waals surface area contributed by atoms with Crippen molar-refractivity contribution < 1.29 is 23.4 Å². The molecule has 0 heterocycles. The van der Waals surface area contributed by atoms with E-state index < -0.39 is 21.8 Å². The van der Waals surface area contributed by atoms with Gasteiger partial charge >= 0.3 is 5.97 Å². The predicted octanol–water partition coefficient (Wildman–Crippen LogP) is 8.44. The number of allylic oxidation sites excluding steroid dienone is 1. The molecular weight excluding hydrogens is 484 g/mol. The third kappa shape index (κ3) is 17.1. The van der Waals surface area contributed by atoms with Gasteiger partial charge in [0.15, 0.2) is 8.32 Å². The van der Waals surface area contributed by atoms with Crippen LogP contribution in [0.15, 0.2) is 11.6 Å². The summed E-state index contributed by atoms with van der Waals surface area (Å²) in [6.45, 7) is 30.7. The molecule has 0 fully saturated rings. The van der Waals surface area contributed by atoms with Crippen LogP contribution in [0.2, 0.25) is 43.8 Å².